The Morgan fingerprint density at radius 3 is 0.841 bits per heavy atom. The third-order valence-corrected chi connectivity index (χ3v) is 12.7. The first-order chi connectivity index (χ1) is 34.0. The van der Waals surface area contributed by atoms with Gasteiger partial charge in [0.15, 0.2) is 6.10 Å². The van der Waals surface area contributed by atoms with E-state index in [1.54, 1.807) is 0 Å². The highest BCUT2D eigenvalue weighted by Gasteiger charge is 2.19. The Morgan fingerprint density at radius 1 is 0.290 bits per heavy atom. The van der Waals surface area contributed by atoms with Crippen molar-refractivity contribution in [3.05, 3.63) is 72.9 Å². The van der Waals surface area contributed by atoms with Crippen LogP contribution in [0, 0.1) is 0 Å². The molecular formula is C63H110O6. The van der Waals surface area contributed by atoms with E-state index in [2.05, 4.69) is 93.7 Å². The summed E-state index contributed by atoms with van der Waals surface area (Å²) in [5.74, 6) is -0.970. The SMILES string of the molecule is CCCCC/C=C\C/C=C\C/C=C\CCCCC(=O)OC[C@H](COC(=O)CCCCCCCCCCCCCCCCCCCCCCC)OC(=O)CCCC/C=C\C/C=C\C/C=C\CCCCC. The van der Waals surface area contributed by atoms with E-state index in [9.17, 15) is 14.4 Å². The van der Waals surface area contributed by atoms with E-state index >= 15 is 0 Å². The maximum atomic E-state index is 12.8. The van der Waals surface area contributed by atoms with E-state index in [-0.39, 0.29) is 37.5 Å². The van der Waals surface area contributed by atoms with Crippen molar-refractivity contribution in [3.8, 4) is 0 Å². The van der Waals surface area contributed by atoms with Crippen LogP contribution in [0.5, 0.6) is 0 Å². The van der Waals surface area contributed by atoms with Gasteiger partial charge in [0.2, 0.25) is 0 Å². The molecule has 0 aliphatic carbocycles. The fourth-order valence-corrected chi connectivity index (χ4v) is 8.22. The standard InChI is InChI=1S/C63H110O6/c1-4-7-10-13-16-19-22-25-28-29-30-31-32-33-36-38-41-44-47-50-53-56-62(65)68-59-60(69-63(66)57-54-51-48-45-42-39-35-27-24-21-18-15-12-9-6-3)58-67-61(64)55-52-49-46-43-40-37-34-26-23-20-17-14-11-8-5-2/h17-18,20-21,26-27,34-35,40,42-43,45,60H,4-16,19,22-25,28-33,36-39,41,44,46-59H2,1-3H3/b20-17-,21-18-,34-26-,35-27-,43-40-,45-42-/t60-/m1/s1. The number of allylic oxidation sites excluding steroid dienone is 12. The molecule has 0 bridgehead atoms. The summed E-state index contributed by atoms with van der Waals surface area (Å²) in [4.78, 5) is 38.1. The highest BCUT2D eigenvalue weighted by molar-refractivity contribution is 5.71. The third-order valence-electron chi connectivity index (χ3n) is 12.7. The predicted octanol–water partition coefficient (Wildman–Crippen LogP) is 19.8. The molecule has 0 aliphatic heterocycles. The second-order valence-electron chi connectivity index (χ2n) is 19.6. The lowest BCUT2D eigenvalue weighted by atomic mass is 10.0. The molecule has 0 aliphatic rings. The smallest absolute Gasteiger partial charge is 0.306 e. The third kappa shape index (κ3) is 55.6. The summed E-state index contributed by atoms with van der Waals surface area (Å²) >= 11 is 0. The maximum Gasteiger partial charge on any atom is 0.306 e. The van der Waals surface area contributed by atoms with Crippen LogP contribution in [-0.4, -0.2) is 37.2 Å². The molecule has 0 N–H and O–H groups in total. The Hall–Kier alpha value is -3.15. The molecule has 0 spiro atoms. The van der Waals surface area contributed by atoms with Crippen molar-refractivity contribution in [3.63, 3.8) is 0 Å². The molecule has 0 unspecified atom stereocenters. The normalized spacial score (nSPS) is 12.6. The minimum atomic E-state index is -0.810. The molecule has 0 heterocycles. The fraction of sp³-hybridized carbons (Fsp3) is 0.762. The largest absolute Gasteiger partial charge is 0.462 e. The average molecular weight is 964 g/mol. The molecule has 0 aromatic heterocycles. The van der Waals surface area contributed by atoms with E-state index < -0.39 is 6.10 Å². The van der Waals surface area contributed by atoms with Gasteiger partial charge in [-0.05, 0) is 96.3 Å². The van der Waals surface area contributed by atoms with Crippen LogP contribution in [0.4, 0.5) is 0 Å². The Morgan fingerprint density at radius 2 is 0.522 bits per heavy atom. The number of unbranched alkanes of at least 4 members (excludes halogenated alkanes) is 30. The van der Waals surface area contributed by atoms with Gasteiger partial charge in [0.05, 0.1) is 0 Å². The lowest BCUT2D eigenvalue weighted by molar-refractivity contribution is -0.167. The van der Waals surface area contributed by atoms with E-state index in [1.165, 1.54) is 167 Å². The van der Waals surface area contributed by atoms with E-state index in [4.69, 9.17) is 14.2 Å². The Kier molecular flexibility index (Phi) is 54.8. The van der Waals surface area contributed by atoms with Crippen molar-refractivity contribution < 1.29 is 28.6 Å². The first-order valence-corrected chi connectivity index (χ1v) is 29.4. The van der Waals surface area contributed by atoms with Crippen LogP contribution < -0.4 is 0 Å². The molecule has 0 aromatic carbocycles. The molecule has 1 atom stereocenters. The highest BCUT2D eigenvalue weighted by atomic mass is 16.6. The summed E-state index contributed by atoms with van der Waals surface area (Å²) in [5, 5.41) is 0. The number of carbonyl (C=O) groups is 3. The van der Waals surface area contributed by atoms with Gasteiger partial charge in [-0.2, -0.15) is 0 Å². The minimum Gasteiger partial charge on any atom is -0.462 e. The summed E-state index contributed by atoms with van der Waals surface area (Å²) in [7, 11) is 0. The number of rotatable bonds is 53. The molecule has 0 amide bonds. The summed E-state index contributed by atoms with van der Waals surface area (Å²) in [6.45, 7) is 6.54. The van der Waals surface area contributed by atoms with E-state index in [0.717, 1.165) is 77.0 Å². The van der Waals surface area contributed by atoms with Crippen molar-refractivity contribution in [2.75, 3.05) is 13.2 Å². The predicted molar refractivity (Wildman–Crippen MR) is 298 cm³/mol. The topological polar surface area (TPSA) is 78.9 Å². The van der Waals surface area contributed by atoms with Crippen LogP contribution >= 0.6 is 0 Å². The van der Waals surface area contributed by atoms with Gasteiger partial charge in [-0.1, -0.05) is 248 Å². The van der Waals surface area contributed by atoms with Gasteiger partial charge >= 0.3 is 17.9 Å². The Labute approximate surface area is 427 Å². The van der Waals surface area contributed by atoms with Gasteiger partial charge in [-0.15, -0.1) is 0 Å². The molecule has 0 aromatic rings. The van der Waals surface area contributed by atoms with Crippen molar-refractivity contribution in [1.29, 1.82) is 0 Å². The molecule has 0 radical (unpaired) electrons. The molecule has 6 heteroatoms. The summed E-state index contributed by atoms with van der Waals surface area (Å²) in [6, 6.07) is 0. The van der Waals surface area contributed by atoms with Gasteiger partial charge < -0.3 is 14.2 Å². The molecule has 6 nitrogen and oxygen atoms in total. The van der Waals surface area contributed by atoms with E-state index in [0.29, 0.717) is 19.3 Å². The molecule has 398 valence electrons. The second-order valence-corrected chi connectivity index (χ2v) is 19.6. The number of ether oxygens (including phenoxy) is 3. The molecular weight excluding hydrogens is 853 g/mol. The molecule has 0 saturated heterocycles. The van der Waals surface area contributed by atoms with Gasteiger partial charge in [-0.3, -0.25) is 14.4 Å². The Balaban J connectivity index is 4.41. The number of hydrogen-bond donors (Lipinski definition) is 0. The van der Waals surface area contributed by atoms with Crippen molar-refractivity contribution in [2.45, 2.75) is 297 Å². The summed E-state index contributed by atoms with van der Waals surface area (Å²) < 4.78 is 16.8. The number of carbonyl (C=O) groups excluding carboxylic acids is 3. The fourth-order valence-electron chi connectivity index (χ4n) is 8.22. The summed E-state index contributed by atoms with van der Waals surface area (Å²) in [6.07, 6.45) is 73.3. The lowest BCUT2D eigenvalue weighted by Gasteiger charge is -2.18. The first-order valence-electron chi connectivity index (χ1n) is 29.4. The van der Waals surface area contributed by atoms with Crippen LogP contribution in [-0.2, 0) is 28.6 Å². The van der Waals surface area contributed by atoms with Crippen molar-refractivity contribution >= 4 is 17.9 Å². The Bertz CT molecular complexity index is 1290. The number of esters is 3. The van der Waals surface area contributed by atoms with Gasteiger partial charge in [0.1, 0.15) is 13.2 Å². The zero-order valence-corrected chi connectivity index (χ0v) is 45.6. The van der Waals surface area contributed by atoms with Crippen molar-refractivity contribution in [1.82, 2.24) is 0 Å². The van der Waals surface area contributed by atoms with Crippen molar-refractivity contribution in [2.24, 2.45) is 0 Å². The highest BCUT2D eigenvalue weighted by Crippen LogP contribution is 2.16. The van der Waals surface area contributed by atoms with Crippen LogP contribution in [0.3, 0.4) is 0 Å². The lowest BCUT2D eigenvalue weighted by Crippen LogP contribution is -2.30. The van der Waals surface area contributed by atoms with E-state index in [1.807, 2.05) is 0 Å². The van der Waals surface area contributed by atoms with Gasteiger partial charge in [-0.25, -0.2) is 0 Å². The average Bonchev–Trinajstić information content (AvgIpc) is 3.35. The quantitative estimate of drug-likeness (QED) is 0.0262. The molecule has 0 rings (SSSR count). The monoisotopic (exact) mass is 963 g/mol. The zero-order chi connectivity index (χ0) is 50.0. The van der Waals surface area contributed by atoms with Crippen LogP contribution in [0.2, 0.25) is 0 Å². The molecule has 69 heavy (non-hydrogen) atoms. The maximum absolute atomic E-state index is 12.8. The van der Waals surface area contributed by atoms with Gasteiger partial charge in [0.25, 0.3) is 0 Å². The molecule has 0 saturated carbocycles. The van der Waals surface area contributed by atoms with Crippen LogP contribution in [0.15, 0.2) is 72.9 Å². The summed E-state index contributed by atoms with van der Waals surface area (Å²) in [5.41, 5.74) is 0. The molecule has 0 fully saturated rings. The zero-order valence-electron chi connectivity index (χ0n) is 45.6. The second kappa shape index (κ2) is 57.4. The number of hydrogen-bond acceptors (Lipinski definition) is 6. The van der Waals surface area contributed by atoms with Crippen LogP contribution in [0.1, 0.15) is 290 Å². The first kappa shape index (κ1) is 65.8. The van der Waals surface area contributed by atoms with Crippen LogP contribution in [0.25, 0.3) is 0 Å². The van der Waals surface area contributed by atoms with Gasteiger partial charge in [0, 0.05) is 19.3 Å². The minimum absolute atomic E-state index is 0.101.